The van der Waals surface area contributed by atoms with Crippen molar-refractivity contribution in [2.24, 2.45) is 0 Å². The second-order valence-electron chi connectivity index (χ2n) is 8.45. The lowest BCUT2D eigenvalue weighted by Crippen LogP contribution is -3.07. The molecule has 176 valence electrons. The lowest BCUT2D eigenvalue weighted by atomic mass is 10.1. The van der Waals surface area contributed by atoms with E-state index in [9.17, 15) is 14.8 Å². The summed E-state index contributed by atoms with van der Waals surface area (Å²) in [5.41, 5.74) is 3.02. The Labute approximate surface area is 196 Å². The first-order valence-electron chi connectivity index (χ1n) is 11.4. The second kappa shape index (κ2) is 9.62. The van der Waals surface area contributed by atoms with E-state index in [2.05, 4.69) is 20.6 Å². The summed E-state index contributed by atoms with van der Waals surface area (Å²) < 4.78 is 7.15. The largest absolute Gasteiger partial charge is 0.632 e. The fraction of sp³-hybridized carbons (Fsp3) is 0.333. The number of para-hydroxylation sites is 1. The molecular formula is C24H26N6O4. The minimum absolute atomic E-state index is 0.0358. The van der Waals surface area contributed by atoms with E-state index in [-0.39, 0.29) is 35.6 Å². The third-order valence-corrected chi connectivity index (χ3v) is 6.16. The fourth-order valence-electron chi connectivity index (χ4n) is 4.48. The van der Waals surface area contributed by atoms with Gasteiger partial charge in [-0.25, -0.2) is 4.98 Å². The van der Waals surface area contributed by atoms with E-state index in [1.807, 2.05) is 36.4 Å². The van der Waals surface area contributed by atoms with Gasteiger partial charge in [-0.1, -0.05) is 18.2 Å². The van der Waals surface area contributed by atoms with E-state index in [0.29, 0.717) is 38.1 Å². The highest BCUT2D eigenvalue weighted by atomic mass is 16.6. The number of ether oxygens (including phenoxy) is 1. The number of nitrogens with zero attached hydrogens (tertiary/aromatic N) is 3. The van der Waals surface area contributed by atoms with Gasteiger partial charge in [-0.05, 0) is 31.0 Å². The molecule has 10 heteroatoms. The van der Waals surface area contributed by atoms with E-state index >= 15 is 0 Å². The molecule has 2 aromatic heterocycles. The lowest BCUT2D eigenvalue weighted by molar-refractivity contribution is -0.883. The third kappa shape index (κ3) is 4.50. The van der Waals surface area contributed by atoms with Crippen LogP contribution in [0.2, 0.25) is 0 Å². The number of rotatable bonds is 7. The minimum atomic E-state index is -0.594. The van der Waals surface area contributed by atoms with E-state index in [4.69, 9.17) is 4.74 Å². The molecule has 3 N–H and O–H groups in total. The zero-order valence-electron chi connectivity index (χ0n) is 18.6. The van der Waals surface area contributed by atoms with Gasteiger partial charge in [0.25, 0.3) is 5.56 Å². The van der Waals surface area contributed by atoms with Crippen molar-refractivity contribution in [2.45, 2.75) is 38.4 Å². The number of anilines is 1. The number of carbonyl (C=O) groups is 1. The Hall–Kier alpha value is -3.76. The number of pyridine rings is 1. The summed E-state index contributed by atoms with van der Waals surface area (Å²) in [6.45, 7) is 1.16. The fourth-order valence-corrected chi connectivity index (χ4v) is 4.48. The van der Waals surface area contributed by atoms with Gasteiger partial charge in [-0.3, -0.25) is 19.1 Å². The van der Waals surface area contributed by atoms with Gasteiger partial charge in [-0.2, -0.15) is 0 Å². The van der Waals surface area contributed by atoms with Crippen LogP contribution in [0.25, 0.3) is 0 Å². The summed E-state index contributed by atoms with van der Waals surface area (Å²) in [5.74, 6) is 0.667. The van der Waals surface area contributed by atoms with Crippen molar-refractivity contribution in [1.82, 2.24) is 19.9 Å². The summed E-state index contributed by atoms with van der Waals surface area (Å²) >= 11 is 0. The Bertz CT molecular complexity index is 1250. The maximum Gasteiger partial charge on any atom is 0.294 e. The van der Waals surface area contributed by atoms with Gasteiger partial charge in [0.2, 0.25) is 12.6 Å². The van der Waals surface area contributed by atoms with Crippen LogP contribution in [-0.4, -0.2) is 33.7 Å². The van der Waals surface area contributed by atoms with Crippen LogP contribution in [0.3, 0.4) is 0 Å². The first kappa shape index (κ1) is 22.1. The predicted octanol–water partition coefficient (Wildman–Crippen LogP) is 0.329. The van der Waals surface area contributed by atoms with E-state index in [1.54, 1.807) is 17.0 Å². The number of hydroxylamine groups is 2. The van der Waals surface area contributed by atoms with Crippen molar-refractivity contribution >= 4 is 11.7 Å². The van der Waals surface area contributed by atoms with Crippen LogP contribution in [0.4, 0.5) is 5.82 Å². The van der Waals surface area contributed by atoms with Crippen molar-refractivity contribution in [1.29, 1.82) is 0 Å². The Balaban J connectivity index is 1.26. The Kier molecular flexibility index (Phi) is 6.24. The SMILES string of the molecule is O=C(NCc1cccc2c1OC[NH+]([O-])C2)[C@@H]1CCc2cnc(NCCc3ccccn3)c(=O)n21. The molecule has 2 aliphatic heterocycles. The van der Waals surface area contributed by atoms with Gasteiger partial charge in [-0.15, -0.1) is 0 Å². The van der Waals surface area contributed by atoms with Crippen molar-refractivity contribution in [3.63, 3.8) is 0 Å². The smallest absolute Gasteiger partial charge is 0.294 e. The van der Waals surface area contributed by atoms with Gasteiger partial charge >= 0.3 is 0 Å². The molecule has 4 heterocycles. The summed E-state index contributed by atoms with van der Waals surface area (Å²) in [5, 5.41) is 17.7. The van der Waals surface area contributed by atoms with Gasteiger partial charge in [0.1, 0.15) is 18.3 Å². The zero-order valence-corrected chi connectivity index (χ0v) is 18.6. The maximum atomic E-state index is 13.1. The normalized spacial score (nSPS) is 18.5. The summed E-state index contributed by atoms with van der Waals surface area (Å²) in [6, 6.07) is 10.7. The van der Waals surface area contributed by atoms with Gasteiger partial charge in [0, 0.05) is 54.4 Å². The number of hydrogen-bond donors (Lipinski definition) is 3. The molecule has 10 nitrogen and oxygen atoms in total. The highest BCUT2D eigenvalue weighted by molar-refractivity contribution is 5.81. The average molecular weight is 463 g/mol. The van der Waals surface area contributed by atoms with Gasteiger partial charge in [0.05, 0.1) is 0 Å². The quantitative estimate of drug-likeness (QED) is 0.432. The molecule has 0 spiro atoms. The van der Waals surface area contributed by atoms with Crippen LogP contribution in [0.5, 0.6) is 5.75 Å². The molecule has 5 rings (SSSR count). The molecule has 0 fully saturated rings. The molecule has 0 saturated heterocycles. The average Bonchev–Trinajstić information content (AvgIpc) is 3.29. The van der Waals surface area contributed by atoms with Gasteiger partial charge in [0.15, 0.2) is 5.82 Å². The number of fused-ring (bicyclic) bond motifs is 2. The van der Waals surface area contributed by atoms with Crippen LogP contribution >= 0.6 is 0 Å². The molecular weight excluding hydrogens is 436 g/mol. The Morgan fingerprint density at radius 1 is 1.24 bits per heavy atom. The molecule has 0 bridgehead atoms. The van der Waals surface area contributed by atoms with Crippen LogP contribution in [-0.2, 0) is 30.7 Å². The molecule has 3 aromatic rings. The van der Waals surface area contributed by atoms with Crippen molar-refractivity contribution < 1.29 is 14.6 Å². The number of nitrogens with one attached hydrogen (secondary N) is 3. The second-order valence-corrected chi connectivity index (χ2v) is 8.45. The molecule has 2 atom stereocenters. The summed E-state index contributed by atoms with van der Waals surface area (Å²) in [6.07, 6.45) is 5.20. The number of amides is 1. The van der Waals surface area contributed by atoms with Crippen molar-refractivity contribution in [2.75, 3.05) is 18.6 Å². The number of benzene rings is 1. The first-order chi connectivity index (χ1) is 16.6. The molecule has 0 aliphatic carbocycles. The maximum absolute atomic E-state index is 13.1. The van der Waals surface area contributed by atoms with Crippen LogP contribution < -0.4 is 26.0 Å². The van der Waals surface area contributed by atoms with E-state index in [1.165, 1.54) is 0 Å². The van der Waals surface area contributed by atoms with Crippen molar-refractivity contribution in [3.8, 4) is 5.75 Å². The summed E-state index contributed by atoms with van der Waals surface area (Å²) in [7, 11) is 0. The molecule has 1 aromatic carbocycles. The summed E-state index contributed by atoms with van der Waals surface area (Å²) in [4.78, 5) is 34.7. The molecule has 0 radical (unpaired) electrons. The zero-order chi connectivity index (χ0) is 23.5. The highest BCUT2D eigenvalue weighted by Crippen LogP contribution is 2.27. The molecule has 0 saturated carbocycles. The third-order valence-electron chi connectivity index (χ3n) is 6.16. The number of aromatic nitrogens is 3. The number of hydrogen-bond acceptors (Lipinski definition) is 7. The number of aryl methyl sites for hydroxylation is 1. The van der Waals surface area contributed by atoms with E-state index in [0.717, 1.165) is 22.5 Å². The minimum Gasteiger partial charge on any atom is -0.632 e. The highest BCUT2D eigenvalue weighted by Gasteiger charge is 2.31. The lowest BCUT2D eigenvalue weighted by Gasteiger charge is -2.29. The standard InChI is InChI=1S/C24H26N6O4/c31-23(28-12-16-4-3-5-17-14-29(33)15-34-21(16)17)20-8-7-19-13-27-22(24(32)30(19)20)26-11-9-18-6-1-2-10-25-18/h1-6,10,13,20,29H,7-9,11-12,14-15H2,(H,26,27)(H,28,31)/t20-/m0/s1. The molecule has 2 aliphatic rings. The van der Waals surface area contributed by atoms with Crippen molar-refractivity contribution in [3.05, 3.63) is 86.9 Å². The molecule has 1 unspecified atom stereocenters. The molecule has 1 amide bonds. The van der Waals surface area contributed by atoms with Crippen LogP contribution in [0.1, 0.15) is 35.0 Å². The topological polar surface area (TPSA) is 126 Å². The van der Waals surface area contributed by atoms with Crippen LogP contribution in [0, 0.1) is 5.21 Å². The van der Waals surface area contributed by atoms with E-state index < -0.39 is 6.04 Å². The monoisotopic (exact) mass is 462 g/mol. The Morgan fingerprint density at radius 3 is 3.00 bits per heavy atom. The number of quaternary nitrogens is 1. The first-order valence-corrected chi connectivity index (χ1v) is 11.4. The molecule has 34 heavy (non-hydrogen) atoms. The number of carbonyl (C=O) groups excluding carboxylic acids is 1. The van der Waals surface area contributed by atoms with Gasteiger partial charge < -0.3 is 25.6 Å². The predicted molar refractivity (Wildman–Crippen MR) is 124 cm³/mol. The van der Waals surface area contributed by atoms with Crippen LogP contribution in [0.15, 0.2) is 53.6 Å². The Morgan fingerprint density at radius 2 is 2.15 bits per heavy atom.